The van der Waals surface area contributed by atoms with Crippen LogP contribution < -0.4 is 5.69 Å². The lowest BCUT2D eigenvalue weighted by atomic mass is 10.2. The second kappa shape index (κ2) is 6.38. The van der Waals surface area contributed by atoms with E-state index in [1.54, 1.807) is 13.2 Å². The lowest BCUT2D eigenvalue weighted by Gasteiger charge is -2.08. The average molecular weight is 400 g/mol. The van der Waals surface area contributed by atoms with Gasteiger partial charge in [-0.25, -0.2) is 14.5 Å². The molecule has 1 aliphatic rings. The number of aromatic nitrogens is 8. The van der Waals surface area contributed by atoms with Gasteiger partial charge in [-0.05, 0) is 31.0 Å². The first-order valence-electron chi connectivity index (χ1n) is 10.1. The van der Waals surface area contributed by atoms with Crippen LogP contribution in [0, 0.1) is 0 Å². The average Bonchev–Trinajstić information content (AvgIpc) is 3.38. The standard InChI is InChI=1S/C21H20N8O/c1-26-21(30)29-10-7-16(12-18(29)25-26)27-9-6-14-11-15(13-22-19(14)27)20-24-23-17-5-3-2-4-8-28(17)20/h6-7,9-13H,2-5,8H2,1H3. The highest BCUT2D eigenvalue weighted by Crippen LogP contribution is 2.26. The van der Waals surface area contributed by atoms with E-state index in [0.717, 1.165) is 53.3 Å². The molecule has 0 N–H and O–H groups in total. The lowest BCUT2D eigenvalue weighted by Crippen LogP contribution is -2.17. The summed E-state index contributed by atoms with van der Waals surface area (Å²) < 4.78 is 7.10. The van der Waals surface area contributed by atoms with E-state index in [-0.39, 0.29) is 5.69 Å². The molecule has 0 aromatic carbocycles. The Morgan fingerprint density at radius 3 is 2.90 bits per heavy atom. The van der Waals surface area contributed by atoms with Gasteiger partial charge in [0, 0.05) is 55.6 Å². The second-order valence-electron chi connectivity index (χ2n) is 7.74. The minimum Gasteiger partial charge on any atom is -0.311 e. The zero-order chi connectivity index (χ0) is 20.2. The van der Waals surface area contributed by atoms with Crippen LogP contribution in [-0.2, 0) is 20.0 Å². The van der Waals surface area contributed by atoms with E-state index in [4.69, 9.17) is 4.98 Å². The predicted octanol–water partition coefficient (Wildman–Crippen LogP) is 2.36. The maximum Gasteiger partial charge on any atom is 0.350 e. The third kappa shape index (κ3) is 2.51. The molecule has 0 saturated heterocycles. The van der Waals surface area contributed by atoms with Crippen LogP contribution in [0.2, 0.25) is 0 Å². The predicted molar refractivity (Wildman–Crippen MR) is 112 cm³/mol. The minimum absolute atomic E-state index is 0.163. The molecule has 0 fully saturated rings. The normalized spacial score (nSPS) is 14.3. The number of pyridine rings is 2. The number of hydrogen-bond acceptors (Lipinski definition) is 5. The Labute approximate surface area is 171 Å². The smallest absolute Gasteiger partial charge is 0.311 e. The first-order valence-corrected chi connectivity index (χ1v) is 10.1. The fourth-order valence-corrected chi connectivity index (χ4v) is 4.27. The van der Waals surface area contributed by atoms with Gasteiger partial charge in [0.1, 0.15) is 11.5 Å². The van der Waals surface area contributed by atoms with E-state index < -0.39 is 0 Å². The second-order valence-corrected chi connectivity index (χ2v) is 7.74. The van der Waals surface area contributed by atoms with E-state index in [0.29, 0.717) is 5.65 Å². The molecule has 6 heterocycles. The van der Waals surface area contributed by atoms with Gasteiger partial charge in [0.2, 0.25) is 0 Å². The van der Waals surface area contributed by atoms with Crippen LogP contribution in [0.4, 0.5) is 0 Å². The number of hydrogen-bond donors (Lipinski definition) is 0. The summed E-state index contributed by atoms with van der Waals surface area (Å²) in [6, 6.07) is 7.93. The third-order valence-electron chi connectivity index (χ3n) is 5.83. The van der Waals surface area contributed by atoms with Gasteiger partial charge in [0.15, 0.2) is 11.5 Å². The summed E-state index contributed by atoms with van der Waals surface area (Å²) in [6.45, 7) is 0.959. The molecule has 0 spiro atoms. The van der Waals surface area contributed by atoms with Crippen LogP contribution in [0.5, 0.6) is 0 Å². The maximum atomic E-state index is 12.0. The number of aryl methyl sites for hydroxylation is 2. The zero-order valence-corrected chi connectivity index (χ0v) is 16.6. The van der Waals surface area contributed by atoms with Crippen LogP contribution in [0.1, 0.15) is 25.1 Å². The Morgan fingerprint density at radius 2 is 1.97 bits per heavy atom. The Kier molecular flexibility index (Phi) is 3.64. The Bertz CT molecular complexity index is 1470. The van der Waals surface area contributed by atoms with Gasteiger partial charge < -0.3 is 9.13 Å². The summed E-state index contributed by atoms with van der Waals surface area (Å²) in [5.74, 6) is 1.96. The van der Waals surface area contributed by atoms with Gasteiger partial charge in [0.25, 0.3) is 0 Å². The molecule has 5 aromatic rings. The molecule has 0 unspecified atom stereocenters. The van der Waals surface area contributed by atoms with Gasteiger partial charge in [-0.2, -0.15) is 5.10 Å². The monoisotopic (exact) mass is 400 g/mol. The van der Waals surface area contributed by atoms with Crippen molar-refractivity contribution < 1.29 is 0 Å². The molecule has 30 heavy (non-hydrogen) atoms. The topological polar surface area (TPSA) is 87.8 Å². The molecule has 150 valence electrons. The van der Waals surface area contributed by atoms with Gasteiger partial charge in [-0.3, -0.25) is 4.40 Å². The van der Waals surface area contributed by atoms with Gasteiger partial charge >= 0.3 is 5.69 Å². The maximum absolute atomic E-state index is 12.0. The molecule has 9 heteroatoms. The van der Waals surface area contributed by atoms with Crippen molar-refractivity contribution in [3.63, 3.8) is 0 Å². The highest BCUT2D eigenvalue weighted by Gasteiger charge is 2.17. The molecule has 0 amide bonds. The Morgan fingerprint density at radius 1 is 1.03 bits per heavy atom. The molecular weight excluding hydrogens is 380 g/mol. The van der Waals surface area contributed by atoms with Crippen molar-refractivity contribution in [3.05, 3.63) is 59.2 Å². The Hall–Kier alpha value is -3.75. The van der Waals surface area contributed by atoms with Crippen LogP contribution in [-0.4, -0.2) is 38.5 Å². The fraction of sp³-hybridized carbons (Fsp3) is 0.286. The highest BCUT2D eigenvalue weighted by atomic mass is 16.2. The van der Waals surface area contributed by atoms with Crippen molar-refractivity contribution in [1.82, 2.24) is 38.5 Å². The molecule has 0 bridgehead atoms. The van der Waals surface area contributed by atoms with Crippen molar-refractivity contribution in [2.24, 2.45) is 7.05 Å². The number of rotatable bonds is 2. The SMILES string of the molecule is Cn1nc2cc(-n3ccc4cc(-c5nnc6n5CCCCC6)cnc43)ccn2c1=O. The molecule has 1 aliphatic heterocycles. The molecule has 5 aromatic heterocycles. The molecule has 6 rings (SSSR count). The Balaban J connectivity index is 1.44. The van der Waals surface area contributed by atoms with Gasteiger partial charge in [-0.1, -0.05) is 6.42 Å². The van der Waals surface area contributed by atoms with Crippen molar-refractivity contribution in [1.29, 1.82) is 0 Å². The first-order chi connectivity index (χ1) is 14.7. The van der Waals surface area contributed by atoms with Crippen LogP contribution >= 0.6 is 0 Å². The third-order valence-corrected chi connectivity index (χ3v) is 5.83. The molecule has 0 aliphatic carbocycles. The van der Waals surface area contributed by atoms with Crippen molar-refractivity contribution in [2.45, 2.75) is 32.2 Å². The van der Waals surface area contributed by atoms with Crippen molar-refractivity contribution in [3.8, 4) is 17.1 Å². The summed E-state index contributed by atoms with van der Waals surface area (Å²) >= 11 is 0. The summed E-state index contributed by atoms with van der Waals surface area (Å²) in [7, 11) is 1.65. The van der Waals surface area contributed by atoms with Gasteiger partial charge in [-0.15, -0.1) is 10.2 Å². The number of nitrogens with zero attached hydrogens (tertiary/aromatic N) is 8. The number of fused-ring (bicyclic) bond motifs is 3. The first kappa shape index (κ1) is 17.1. The highest BCUT2D eigenvalue weighted by molar-refractivity contribution is 5.82. The summed E-state index contributed by atoms with van der Waals surface area (Å²) in [6.07, 6.45) is 10.1. The van der Waals surface area contributed by atoms with Crippen LogP contribution in [0.15, 0.2) is 47.7 Å². The molecular formula is C21H20N8O. The molecule has 0 saturated carbocycles. The summed E-state index contributed by atoms with van der Waals surface area (Å²) in [5, 5.41) is 14.2. The lowest BCUT2D eigenvalue weighted by molar-refractivity contribution is 0.636. The zero-order valence-electron chi connectivity index (χ0n) is 16.6. The fourth-order valence-electron chi connectivity index (χ4n) is 4.27. The van der Waals surface area contributed by atoms with E-state index in [9.17, 15) is 4.79 Å². The van der Waals surface area contributed by atoms with Crippen LogP contribution in [0.3, 0.4) is 0 Å². The van der Waals surface area contributed by atoms with Crippen LogP contribution in [0.25, 0.3) is 33.8 Å². The minimum atomic E-state index is -0.163. The van der Waals surface area contributed by atoms with Gasteiger partial charge in [0.05, 0.1) is 5.69 Å². The summed E-state index contributed by atoms with van der Waals surface area (Å²) in [5.41, 5.74) is 3.16. The largest absolute Gasteiger partial charge is 0.350 e. The molecule has 0 atom stereocenters. The molecule has 9 nitrogen and oxygen atoms in total. The van der Waals surface area contributed by atoms with E-state index in [1.807, 2.05) is 35.2 Å². The quantitative estimate of drug-likeness (QED) is 0.454. The van der Waals surface area contributed by atoms with Crippen molar-refractivity contribution >= 4 is 16.7 Å². The van der Waals surface area contributed by atoms with E-state index in [2.05, 4.69) is 25.9 Å². The summed E-state index contributed by atoms with van der Waals surface area (Å²) in [4.78, 5) is 16.8. The molecule has 0 radical (unpaired) electrons. The van der Waals surface area contributed by atoms with E-state index >= 15 is 0 Å². The van der Waals surface area contributed by atoms with E-state index in [1.165, 1.54) is 21.9 Å². The van der Waals surface area contributed by atoms with Crippen molar-refractivity contribution in [2.75, 3.05) is 0 Å².